The zero-order valence-corrected chi connectivity index (χ0v) is 15.9. The Labute approximate surface area is 162 Å². The van der Waals surface area contributed by atoms with E-state index in [9.17, 15) is 14.4 Å². The minimum absolute atomic E-state index is 0.106. The van der Waals surface area contributed by atoms with Gasteiger partial charge in [-0.15, -0.1) is 0 Å². The van der Waals surface area contributed by atoms with Crippen LogP contribution >= 0.6 is 0 Å². The van der Waals surface area contributed by atoms with E-state index in [1.54, 1.807) is 45.0 Å². The van der Waals surface area contributed by atoms with E-state index in [-0.39, 0.29) is 24.3 Å². The van der Waals surface area contributed by atoms with Crippen molar-refractivity contribution in [1.82, 2.24) is 4.98 Å². The number of esters is 2. The molecule has 0 bridgehead atoms. The molecule has 0 fully saturated rings. The molecule has 28 heavy (non-hydrogen) atoms. The lowest BCUT2D eigenvalue weighted by Gasteiger charge is -2.07. The van der Waals surface area contributed by atoms with Gasteiger partial charge in [0.25, 0.3) is 5.91 Å². The van der Waals surface area contributed by atoms with Crippen LogP contribution in [-0.4, -0.2) is 36.0 Å². The molecular weight excluding hydrogens is 362 g/mol. The van der Waals surface area contributed by atoms with Gasteiger partial charge >= 0.3 is 11.9 Å². The van der Waals surface area contributed by atoms with Gasteiger partial charge in [-0.3, -0.25) is 4.79 Å². The van der Waals surface area contributed by atoms with E-state index in [0.717, 1.165) is 5.56 Å². The van der Waals surface area contributed by atoms with Crippen molar-refractivity contribution < 1.29 is 23.9 Å². The molecule has 8 heteroatoms. The first-order valence-corrected chi connectivity index (χ1v) is 8.66. The number of benzene rings is 1. The second-order valence-corrected chi connectivity index (χ2v) is 6.00. The molecule has 2 aromatic rings. The van der Waals surface area contributed by atoms with Crippen molar-refractivity contribution in [2.45, 2.75) is 27.2 Å². The summed E-state index contributed by atoms with van der Waals surface area (Å²) in [7, 11) is 0. The molecule has 1 aromatic carbocycles. The number of aromatic amines is 1. The minimum atomic E-state index is -0.740. The molecule has 1 heterocycles. The first-order valence-electron chi connectivity index (χ1n) is 8.66. The van der Waals surface area contributed by atoms with E-state index in [4.69, 9.17) is 14.7 Å². The number of H-pyrrole nitrogens is 1. The molecule has 1 amide bonds. The summed E-state index contributed by atoms with van der Waals surface area (Å²) < 4.78 is 10.0. The molecule has 2 N–H and O–H groups in total. The number of hydrogen-bond donors (Lipinski definition) is 2. The lowest BCUT2D eigenvalue weighted by molar-refractivity contribution is -0.119. The topological polar surface area (TPSA) is 121 Å². The Hall–Kier alpha value is -3.60. The van der Waals surface area contributed by atoms with E-state index in [0.29, 0.717) is 16.9 Å². The van der Waals surface area contributed by atoms with Crippen LogP contribution in [0, 0.1) is 25.2 Å². The Kier molecular flexibility index (Phi) is 6.93. The van der Waals surface area contributed by atoms with Crippen molar-refractivity contribution in [2.24, 2.45) is 0 Å². The van der Waals surface area contributed by atoms with Crippen LogP contribution in [0.1, 0.15) is 44.6 Å². The molecule has 0 saturated heterocycles. The highest BCUT2D eigenvalue weighted by molar-refractivity contribution is 5.99. The Morgan fingerprint density at radius 1 is 1.11 bits per heavy atom. The van der Waals surface area contributed by atoms with Gasteiger partial charge in [0.05, 0.1) is 24.7 Å². The van der Waals surface area contributed by atoms with E-state index in [1.165, 1.54) is 0 Å². The average Bonchev–Trinajstić information content (AvgIpc) is 2.96. The predicted molar refractivity (Wildman–Crippen MR) is 101 cm³/mol. The van der Waals surface area contributed by atoms with E-state index in [1.807, 2.05) is 6.07 Å². The molecule has 0 aliphatic rings. The molecule has 0 unspecified atom stereocenters. The van der Waals surface area contributed by atoms with Gasteiger partial charge in [-0.1, -0.05) is 12.1 Å². The summed E-state index contributed by atoms with van der Waals surface area (Å²) in [6.45, 7) is 4.69. The summed E-state index contributed by atoms with van der Waals surface area (Å²) >= 11 is 0. The summed E-state index contributed by atoms with van der Waals surface area (Å²) in [6.07, 6.45) is 0.286. The summed E-state index contributed by atoms with van der Waals surface area (Å²) in [6, 6.07) is 8.82. The van der Waals surface area contributed by atoms with E-state index in [2.05, 4.69) is 10.3 Å². The summed E-state index contributed by atoms with van der Waals surface area (Å²) in [5.74, 6) is -1.77. The largest absolute Gasteiger partial charge is 0.462 e. The normalized spacial score (nSPS) is 10.1. The number of hydrogen-bond acceptors (Lipinski definition) is 6. The zero-order chi connectivity index (χ0) is 20.7. The van der Waals surface area contributed by atoms with Gasteiger partial charge in [0, 0.05) is 11.4 Å². The predicted octanol–water partition coefficient (Wildman–Crippen LogP) is 2.67. The highest BCUT2D eigenvalue weighted by Crippen LogP contribution is 2.20. The number of aromatic nitrogens is 1. The van der Waals surface area contributed by atoms with Crippen LogP contribution in [-0.2, 0) is 20.7 Å². The number of nitrogens with one attached hydrogen (secondary N) is 2. The van der Waals surface area contributed by atoms with Gasteiger partial charge in [-0.2, -0.15) is 5.26 Å². The molecule has 0 spiro atoms. The van der Waals surface area contributed by atoms with Gasteiger partial charge in [0.15, 0.2) is 6.61 Å². The molecule has 2 rings (SSSR count). The maximum Gasteiger partial charge on any atom is 0.355 e. The van der Waals surface area contributed by atoms with Crippen LogP contribution < -0.4 is 5.32 Å². The van der Waals surface area contributed by atoms with Crippen molar-refractivity contribution in [3.05, 3.63) is 52.3 Å². The van der Waals surface area contributed by atoms with Crippen LogP contribution in [0.2, 0.25) is 0 Å². The van der Waals surface area contributed by atoms with Crippen molar-refractivity contribution in [1.29, 1.82) is 5.26 Å². The molecule has 0 aliphatic heterocycles. The Morgan fingerprint density at radius 2 is 1.79 bits per heavy atom. The first kappa shape index (κ1) is 20.7. The van der Waals surface area contributed by atoms with Crippen LogP contribution in [0.4, 0.5) is 5.69 Å². The van der Waals surface area contributed by atoms with Crippen molar-refractivity contribution >= 4 is 23.5 Å². The fraction of sp³-hybridized carbons (Fsp3) is 0.300. The monoisotopic (exact) mass is 383 g/mol. The Bertz CT molecular complexity index is 923. The second-order valence-electron chi connectivity index (χ2n) is 6.00. The number of nitrogens with zero attached hydrogens (tertiary/aromatic N) is 1. The number of rotatable bonds is 7. The molecule has 0 radical (unpaired) electrons. The lowest BCUT2D eigenvalue weighted by atomic mass is 10.1. The van der Waals surface area contributed by atoms with E-state index >= 15 is 0 Å². The van der Waals surface area contributed by atoms with Crippen LogP contribution in [0.25, 0.3) is 0 Å². The standard InChI is InChI=1S/C20H21N3O5/c1-4-27-19(25)17-12(2)18(22-13(17)3)20(26)28-11-16(24)23-15-7-5-14(6-8-15)9-10-21/h5-8,22H,4,9,11H2,1-3H3,(H,23,24). The van der Waals surface area contributed by atoms with E-state index < -0.39 is 24.5 Å². The maximum atomic E-state index is 12.3. The number of carbonyl (C=O) groups excluding carboxylic acids is 3. The quantitative estimate of drug-likeness (QED) is 0.709. The summed E-state index contributed by atoms with van der Waals surface area (Å²) in [5.41, 5.74) is 2.66. The molecule has 1 aromatic heterocycles. The highest BCUT2D eigenvalue weighted by Gasteiger charge is 2.24. The summed E-state index contributed by atoms with van der Waals surface area (Å²) in [5, 5.41) is 11.2. The highest BCUT2D eigenvalue weighted by atomic mass is 16.5. The third-order valence-electron chi connectivity index (χ3n) is 3.98. The molecule has 146 valence electrons. The number of nitriles is 1. The molecule has 0 aliphatic carbocycles. The van der Waals surface area contributed by atoms with Gasteiger partial charge in [0.1, 0.15) is 5.69 Å². The molecule has 0 atom stereocenters. The summed E-state index contributed by atoms with van der Waals surface area (Å²) in [4.78, 5) is 39.0. The molecule has 8 nitrogen and oxygen atoms in total. The second kappa shape index (κ2) is 9.37. The number of anilines is 1. The van der Waals surface area contributed by atoms with Gasteiger partial charge < -0.3 is 19.8 Å². The van der Waals surface area contributed by atoms with Crippen molar-refractivity contribution in [3.8, 4) is 6.07 Å². The maximum absolute atomic E-state index is 12.3. The smallest absolute Gasteiger partial charge is 0.355 e. The SMILES string of the molecule is CCOC(=O)c1c(C)[nH]c(C(=O)OCC(=O)Nc2ccc(CC#N)cc2)c1C. The Balaban J connectivity index is 1.96. The number of amides is 1. The molecule has 0 saturated carbocycles. The fourth-order valence-corrected chi connectivity index (χ4v) is 2.66. The fourth-order valence-electron chi connectivity index (χ4n) is 2.66. The van der Waals surface area contributed by atoms with Gasteiger partial charge in [-0.25, -0.2) is 9.59 Å². The number of aryl methyl sites for hydroxylation is 1. The van der Waals surface area contributed by atoms with Crippen molar-refractivity contribution in [3.63, 3.8) is 0 Å². The zero-order valence-electron chi connectivity index (χ0n) is 15.9. The third kappa shape index (κ3) is 4.98. The van der Waals surface area contributed by atoms with Gasteiger partial charge in [-0.05, 0) is 44.0 Å². The van der Waals surface area contributed by atoms with Crippen LogP contribution in [0.3, 0.4) is 0 Å². The first-order chi connectivity index (χ1) is 13.4. The third-order valence-corrected chi connectivity index (χ3v) is 3.98. The van der Waals surface area contributed by atoms with Crippen molar-refractivity contribution in [2.75, 3.05) is 18.5 Å². The van der Waals surface area contributed by atoms with Crippen LogP contribution in [0.15, 0.2) is 24.3 Å². The van der Waals surface area contributed by atoms with Crippen LogP contribution in [0.5, 0.6) is 0 Å². The average molecular weight is 383 g/mol. The number of ether oxygens (including phenoxy) is 2. The Morgan fingerprint density at radius 3 is 2.39 bits per heavy atom. The number of carbonyl (C=O) groups is 3. The minimum Gasteiger partial charge on any atom is -0.462 e. The molecular formula is C20H21N3O5. The lowest BCUT2D eigenvalue weighted by Crippen LogP contribution is -2.21. The van der Waals surface area contributed by atoms with Gasteiger partial charge in [0.2, 0.25) is 0 Å².